The molecule has 3 aromatic rings. The van der Waals surface area contributed by atoms with Crippen molar-refractivity contribution in [3.05, 3.63) is 54.4 Å². The predicted octanol–water partition coefficient (Wildman–Crippen LogP) is 3.43. The number of para-hydroxylation sites is 2. The Morgan fingerprint density at radius 2 is 1.86 bits per heavy atom. The molecule has 0 aliphatic carbocycles. The highest BCUT2D eigenvalue weighted by Gasteiger charge is 2.17. The molecule has 1 N–H and O–H groups in total. The van der Waals surface area contributed by atoms with Gasteiger partial charge in [-0.1, -0.05) is 12.1 Å². The fraction of sp³-hybridized carbons (Fsp3) is 0.190. The van der Waals surface area contributed by atoms with Gasteiger partial charge in [0.1, 0.15) is 5.52 Å². The Kier molecular flexibility index (Phi) is 6.13. The molecule has 0 unspecified atom stereocenters. The summed E-state index contributed by atoms with van der Waals surface area (Å²) in [5.74, 6) is 0.0964. The molecule has 0 spiro atoms. The molecule has 1 amide bonds. The van der Waals surface area contributed by atoms with Gasteiger partial charge in [-0.3, -0.25) is 4.79 Å². The third-order valence-electron chi connectivity index (χ3n) is 3.99. The van der Waals surface area contributed by atoms with Crippen molar-refractivity contribution in [1.29, 1.82) is 0 Å². The van der Waals surface area contributed by atoms with Gasteiger partial charge < -0.3 is 23.9 Å². The molecule has 1 atom stereocenters. The average molecular weight is 396 g/mol. The molecule has 0 saturated carbocycles. The molecule has 0 radical (unpaired) electrons. The number of carbonyl (C=O) groups excluding carboxylic acids is 2. The van der Waals surface area contributed by atoms with Gasteiger partial charge in [0.05, 0.1) is 14.2 Å². The summed E-state index contributed by atoms with van der Waals surface area (Å²) in [4.78, 5) is 28.5. The monoisotopic (exact) mass is 396 g/mol. The Balaban J connectivity index is 1.58. The van der Waals surface area contributed by atoms with Crippen LogP contribution in [0.4, 0.5) is 5.69 Å². The van der Waals surface area contributed by atoms with E-state index < -0.39 is 18.0 Å². The summed E-state index contributed by atoms with van der Waals surface area (Å²) in [6.45, 7) is 1.47. The number of anilines is 1. The van der Waals surface area contributed by atoms with Gasteiger partial charge in [0.25, 0.3) is 5.91 Å². The number of nitrogens with one attached hydrogen (secondary N) is 1. The molecular weight excluding hydrogens is 376 g/mol. The maximum atomic E-state index is 12.3. The summed E-state index contributed by atoms with van der Waals surface area (Å²) >= 11 is 0. The summed E-state index contributed by atoms with van der Waals surface area (Å²) in [7, 11) is 3.02. The van der Waals surface area contributed by atoms with Crippen LogP contribution < -0.4 is 14.8 Å². The molecule has 0 aliphatic heterocycles. The van der Waals surface area contributed by atoms with Crippen LogP contribution in [0.15, 0.2) is 53.0 Å². The molecule has 0 aliphatic rings. The number of oxazole rings is 1. The molecule has 2 aromatic carbocycles. The molecule has 1 heterocycles. The number of methoxy groups -OCH3 is 2. The molecule has 0 bridgehead atoms. The Morgan fingerprint density at radius 3 is 2.59 bits per heavy atom. The van der Waals surface area contributed by atoms with E-state index in [1.54, 1.807) is 30.3 Å². The zero-order chi connectivity index (χ0) is 20.8. The summed E-state index contributed by atoms with van der Waals surface area (Å²) in [6, 6.07) is 12.2. The number of benzene rings is 2. The highest BCUT2D eigenvalue weighted by Crippen LogP contribution is 2.29. The Hall–Kier alpha value is -3.81. The Morgan fingerprint density at radius 1 is 1.10 bits per heavy atom. The summed E-state index contributed by atoms with van der Waals surface area (Å²) in [5, 5.41) is 2.66. The van der Waals surface area contributed by atoms with E-state index >= 15 is 0 Å². The molecule has 0 fully saturated rings. The van der Waals surface area contributed by atoms with E-state index in [1.165, 1.54) is 27.2 Å². The normalized spacial score (nSPS) is 12.0. The van der Waals surface area contributed by atoms with Gasteiger partial charge in [-0.2, -0.15) is 0 Å². The quantitative estimate of drug-likeness (QED) is 0.482. The molecule has 3 rings (SSSR count). The first-order valence-electron chi connectivity index (χ1n) is 8.77. The summed E-state index contributed by atoms with van der Waals surface area (Å²) in [6.07, 6.45) is 1.54. The van der Waals surface area contributed by atoms with Crippen molar-refractivity contribution in [1.82, 2.24) is 4.98 Å². The van der Waals surface area contributed by atoms with Gasteiger partial charge in [-0.25, -0.2) is 9.78 Å². The topological polar surface area (TPSA) is 99.9 Å². The molecule has 8 heteroatoms. The lowest BCUT2D eigenvalue weighted by Gasteiger charge is -2.14. The zero-order valence-electron chi connectivity index (χ0n) is 16.2. The number of amides is 1. The maximum absolute atomic E-state index is 12.3. The second kappa shape index (κ2) is 8.92. The lowest BCUT2D eigenvalue weighted by molar-refractivity contribution is -0.148. The standard InChI is InChI=1S/C21H20N2O6/c1-13(21(25)22-14-8-9-17(26-2)18(12-14)27-3)28-20(24)11-10-19-23-15-6-4-5-7-16(15)29-19/h4-13H,1-3H3,(H,22,25)/b11-10+/t13-/m1/s1. The predicted molar refractivity (Wildman–Crippen MR) is 107 cm³/mol. The van der Waals surface area contributed by atoms with Crippen LogP contribution in [0.5, 0.6) is 11.5 Å². The van der Waals surface area contributed by atoms with Crippen LogP contribution in [0.3, 0.4) is 0 Å². The minimum Gasteiger partial charge on any atom is -0.493 e. The van der Waals surface area contributed by atoms with Crippen LogP contribution >= 0.6 is 0 Å². The Labute approximate surface area is 167 Å². The number of hydrogen-bond acceptors (Lipinski definition) is 7. The first-order valence-corrected chi connectivity index (χ1v) is 8.77. The van der Waals surface area contributed by atoms with Gasteiger partial charge in [-0.05, 0) is 31.2 Å². The number of carbonyl (C=O) groups is 2. The molecule has 1 aromatic heterocycles. The van der Waals surface area contributed by atoms with Crippen LogP contribution in [-0.4, -0.2) is 37.2 Å². The fourth-order valence-electron chi connectivity index (χ4n) is 2.53. The molecule has 150 valence electrons. The van der Waals surface area contributed by atoms with Gasteiger partial charge >= 0.3 is 5.97 Å². The first-order chi connectivity index (χ1) is 14.0. The van der Waals surface area contributed by atoms with E-state index in [2.05, 4.69) is 10.3 Å². The fourth-order valence-corrected chi connectivity index (χ4v) is 2.53. The van der Waals surface area contributed by atoms with Crippen molar-refractivity contribution < 1.29 is 28.2 Å². The van der Waals surface area contributed by atoms with E-state index in [-0.39, 0.29) is 5.89 Å². The van der Waals surface area contributed by atoms with E-state index in [9.17, 15) is 9.59 Å². The highest BCUT2D eigenvalue weighted by atomic mass is 16.5. The highest BCUT2D eigenvalue weighted by molar-refractivity contribution is 5.96. The summed E-state index contributed by atoms with van der Waals surface area (Å²) in [5.41, 5.74) is 1.78. The number of hydrogen-bond donors (Lipinski definition) is 1. The van der Waals surface area contributed by atoms with Crippen LogP contribution in [0, 0.1) is 0 Å². The second-order valence-corrected chi connectivity index (χ2v) is 5.99. The zero-order valence-corrected chi connectivity index (χ0v) is 16.2. The number of rotatable bonds is 7. The van der Waals surface area contributed by atoms with Crippen LogP contribution in [0.25, 0.3) is 17.2 Å². The number of ether oxygens (including phenoxy) is 3. The first kappa shape index (κ1) is 19.9. The van der Waals surface area contributed by atoms with Crippen molar-refractivity contribution in [2.45, 2.75) is 13.0 Å². The van der Waals surface area contributed by atoms with E-state index in [1.807, 2.05) is 12.1 Å². The lowest BCUT2D eigenvalue weighted by atomic mass is 10.2. The molecule has 29 heavy (non-hydrogen) atoms. The van der Waals surface area contributed by atoms with Gasteiger partial charge in [0.2, 0.25) is 5.89 Å². The van der Waals surface area contributed by atoms with Crippen LogP contribution in [-0.2, 0) is 14.3 Å². The molecule has 8 nitrogen and oxygen atoms in total. The number of esters is 1. The molecule has 0 saturated heterocycles. The lowest BCUT2D eigenvalue weighted by Crippen LogP contribution is -2.29. The third kappa shape index (κ3) is 4.92. The van der Waals surface area contributed by atoms with Gasteiger partial charge in [0, 0.05) is 23.9 Å². The van der Waals surface area contributed by atoms with E-state index in [0.717, 1.165) is 6.08 Å². The van der Waals surface area contributed by atoms with Crippen molar-refractivity contribution >= 4 is 34.7 Å². The molecular formula is C21H20N2O6. The largest absolute Gasteiger partial charge is 0.493 e. The number of fused-ring (bicyclic) bond motifs is 1. The van der Waals surface area contributed by atoms with Crippen LogP contribution in [0.1, 0.15) is 12.8 Å². The number of aromatic nitrogens is 1. The van der Waals surface area contributed by atoms with Gasteiger partial charge in [0.15, 0.2) is 23.2 Å². The SMILES string of the molecule is COc1ccc(NC(=O)[C@@H](C)OC(=O)/C=C/c2nc3ccccc3o2)cc1OC. The number of nitrogens with zero attached hydrogens (tertiary/aromatic N) is 1. The third-order valence-corrected chi connectivity index (χ3v) is 3.99. The summed E-state index contributed by atoms with van der Waals surface area (Å²) < 4.78 is 20.9. The van der Waals surface area contributed by atoms with Crippen molar-refractivity contribution in [3.63, 3.8) is 0 Å². The Bertz CT molecular complexity index is 1020. The average Bonchev–Trinajstić information content (AvgIpc) is 3.15. The van der Waals surface area contributed by atoms with Crippen molar-refractivity contribution in [2.24, 2.45) is 0 Å². The van der Waals surface area contributed by atoms with E-state index in [0.29, 0.717) is 28.3 Å². The van der Waals surface area contributed by atoms with Gasteiger partial charge in [-0.15, -0.1) is 0 Å². The minimum absolute atomic E-state index is 0.269. The minimum atomic E-state index is -1.01. The second-order valence-electron chi connectivity index (χ2n) is 5.99. The van der Waals surface area contributed by atoms with Crippen LogP contribution in [0.2, 0.25) is 0 Å². The van der Waals surface area contributed by atoms with E-state index in [4.69, 9.17) is 18.6 Å². The smallest absolute Gasteiger partial charge is 0.331 e. The van der Waals surface area contributed by atoms with Crippen molar-refractivity contribution in [2.75, 3.05) is 19.5 Å². The van der Waals surface area contributed by atoms with Crippen molar-refractivity contribution in [3.8, 4) is 11.5 Å². The maximum Gasteiger partial charge on any atom is 0.331 e.